The predicted octanol–water partition coefficient (Wildman–Crippen LogP) is 3.54. The Hall–Kier alpha value is -2.24. The van der Waals surface area contributed by atoms with Crippen LogP contribution in [0.5, 0.6) is 17.2 Å². The van der Waals surface area contributed by atoms with Crippen molar-refractivity contribution in [2.45, 2.75) is 13.1 Å². The number of benzene rings is 3. The molecule has 3 aromatic rings. The van der Waals surface area contributed by atoms with E-state index in [1.807, 2.05) is 36.4 Å². The molecular weight excluding hydrogens is 394 g/mol. The zero-order chi connectivity index (χ0) is 18.7. The molecule has 3 rings (SSSR count). The number of phenols is 1. The minimum absolute atomic E-state index is 0.311. The van der Waals surface area contributed by atoms with Gasteiger partial charge in [-0.05, 0) is 47.2 Å². The number of rotatable bonds is 6. The molecule has 0 radical (unpaired) electrons. The summed E-state index contributed by atoms with van der Waals surface area (Å²) in [6.45, 7) is 1.47. The van der Waals surface area contributed by atoms with Gasteiger partial charge in [-0.1, -0.05) is 28.1 Å². The highest BCUT2D eigenvalue weighted by Crippen LogP contribution is 2.30. The summed E-state index contributed by atoms with van der Waals surface area (Å²) in [5.41, 5.74) is 2.05. The number of methoxy groups -OCH3 is 2. The second-order valence-electron chi connectivity index (χ2n) is 6.42. The molecule has 0 aliphatic carbocycles. The zero-order valence-corrected chi connectivity index (χ0v) is 16.8. The maximum Gasteiger partial charge on any atom is 0.127 e. The van der Waals surface area contributed by atoms with Gasteiger partial charge < -0.3 is 19.5 Å². The molecular formula is C21H23BrNO3+. The summed E-state index contributed by atoms with van der Waals surface area (Å²) in [6, 6.07) is 15.6. The molecule has 1 atom stereocenters. The van der Waals surface area contributed by atoms with Gasteiger partial charge in [0.15, 0.2) is 0 Å². The number of ether oxygens (including phenoxy) is 2. The van der Waals surface area contributed by atoms with Crippen molar-refractivity contribution in [1.29, 1.82) is 0 Å². The SMILES string of the molecule is COc1ccc2ccc(O)c(C[NH+](C)Cc3cc(Br)ccc3OC)c2c1. The number of nitrogens with one attached hydrogen (secondary N) is 1. The van der Waals surface area contributed by atoms with E-state index in [4.69, 9.17) is 9.47 Å². The molecule has 0 saturated heterocycles. The normalized spacial score (nSPS) is 12.2. The Kier molecular flexibility index (Phi) is 5.69. The fraction of sp³-hybridized carbons (Fsp3) is 0.238. The quantitative estimate of drug-likeness (QED) is 0.645. The second kappa shape index (κ2) is 7.98. The number of halogens is 1. The number of aromatic hydroxyl groups is 1. The van der Waals surface area contributed by atoms with Crippen LogP contribution >= 0.6 is 15.9 Å². The van der Waals surface area contributed by atoms with E-state index in [1.54, 1.807) is 20.3 Å². The summed E-state index contributed by atoms with van der Waals surface area (Å²) in [5, 5.41) is 12.6. The van der Waals surface area contributed by atoms with Crippen LogP contribution in [0.2, 0.25) is 0 Å². The molecule has 0 saturated carbocycles. The van der Waals surface area contributed by atoms with Gasteiger partial charge >= 0.3 is 0 Å². The Balaban J connectivity index is 1.91. The lowest BCUT2D eigenvalue weighted by molar-refractivity contribution is -0.907. The highest BCUT2D eigenvalue weighted by molar-refractivity contribution is 9.10. The van der Waals surface area contributed by atoms with Gasteiger partial charge in [-0.3, -0.25) is 0 Å². The topological polar surface area (TPSA) is 43.1 Å². The Morgan fingerprint density at radius 1 is 0.962 bits per heavy atom. The monoisotopic (exact) mass is 416 g/mol. The van der Waals surface area contributed by atoms with Crippen LogP contribution in [0.25, 0.3) is 10.8 Å². The molecule has 0 fully saturated rings. The minimum Gasteiger partial charge on any atom is -0.507 e. The second-order valence-corrected chi connectivity index (χ2v) is 7.33. The highest BCUT2D eigenvalue weighted by atomic mass is 79.9. The van der Waals surface area contributed by atoms with Crippen LogP contribution < -0.4 is 14.4 Å². The Labute approximate surface area is 162 Å². The summed E-state index contributed by atoms with van der Waals surface area (Å²) in [7, 11) is 5.45. The van der Waals surface area contributed by atoms with Crippen LogP contribution in [0.4, 0.5) is 0 Å². The van der Waals surface area contributed by atoms with Crippen molar-refractivity contribution in [1.82, 2.24) is 0 Å². The molecule has 0 spiro atoms. The van der Waals surface area contributed by atoms with E-state index in [-0.39, 0.29) is 0 Å². The molecule has 136 valence electrons. The first-order valence-electron chi connectivity index (χ1n) is 8.44. The first-order valence-corrected chi connectivity index (χ1v) is 9.23. The van der Waals surface area contributed by atoms with Crippen LogP contribution in [0.15, 0.2) is 53.0 Å². The van der Waals surface area contributed by atoms with Gasteiger partial charge in [0.05, 0.1) is 26.8 Å². The van der Waals surface area contributed by atoms with Crippen molar-refractivity contribution >= 4 is 26.7 Å². The predicted molar refractivity (Wildman–Crippen MR) is 107 cm³/mol. The van der Waals surface area contributed by atoms with Crippen LogP contribution in [0.3, 0.4) is 0 Å². The summed E-state index contributed by atoms with van der Waals surface area (Å²) < 4.78 is 11.9. The number of hydrogen-bond acceptors (Lipinski definition) is 3. The molecule has 26 heavy (non-hydrogen) atoms. The van der Waals surface area contributed by atoms with E-state index >= 15 is 0 Å². The number of quaternary nitrogens is 1. The lowest BCUT2D eigenvalue weighted by Gasteiger charge is -2.18. The van der Waals surface area contributed by atoms with Crippen LogP contribution in [-0.2, 0) is 13.1 Å². The molecule has 0 heterocycles. The number of fused-ring (bicyclic) bond motifs is 1. The van der Waals surface area contributed by atoms with E-state index in [1.165, 1.54) is 4.90 Å². The third-order valence-corrected chi connectivity index (χ3v) is 5.02. The first kappa shape index (κ1) is 18.5. The van der Waals surface area contributed by atoms with Crippen LogP contribution in [0, 0.1) is 0 Å². The maximum atomic E-state index is 10.4. The van der Waals surface area contributed by atoms with Gasteiger partial charge in [-0.25, -0.2) is 0 Å². The van der Waals surface area contributed by atoms with Crippen molar-refractivity contribution in [2.24, 2.45) is 0 Å². The smallest absolute Gasteiger partial charge is 0.127 e. The first-order chi connectivity index (χ1) is 12.5. The molecule has 0 aromatic heterocycles. The summed E-state index contributed by atoms with van der Waals surface area (Å²) in [6.07, 6.45) is 0. The molecule has 1 unspecified atom stereocenters. The Morgan fingerprint density at radius 2 is 1.73 bits per heavy atom. The third-order valence-electron chi connectivity index (χ3n) is 4.53. The lowest BCUT2D eigenvalue weighted by atomic mass is 10.0. The van der Waals surface area contributed by atoms with E-state index in [0.29, 0.717) is 12.3 Å². The van der Waals surface area contributed by atoms with Gasteiger partial charge in [-0.15, -0.1) is 0 Å². The lowest BCUT2D eigenvalue weighted by Crippen LogP contribution is -3.06. The van der Waals surface area contributed by atoms with Gasteiger partial charge in [0.1, 0.15) is 30.3 Å². The van der Waals surface area contributed by atoms with E-state index in [0.717, 1.165) is 44.4 Å². The molecule has 4 nitrogen and oxygen atoms in total. The van der Waals surface area contributed by atoms with Crippen molar-refractivity contribution in [2.75, 3.05) is 21.3 Å². The third kappa shape index (κ3) is 3.94. The minimum atomic E-state index is 0.311. The van der Waals surface area contributed by atoms with Gasteiger partial charge in [-0.2, -0.15) is 0 Å². The number of phenolic OH excluding ortho intramolecular Hbond substituents is 1. The van der Waals surface area contributed by atoms with Gasteiger partial charge in [0, 0.05) is 10.0 Å². The maximum absolute atomic E-state index is 10.4. The summed E-state index contributed by atoms with van der Waals surface area (Å²) in [4.78, 5) is 1.24. The average molecular weight is 417 g/mol. The molecule has 0 aliphatic heterocycles. The van der Waals surface area contributed by atoms with Crippen molar-refractivity contribution in [3.8, 4) is 17.2 Å². The molecule has 3 aromatic carbocycles. The standard InChI is InChI=1S/C21H22BrNO3/c1-23(12-15-10-16(22)6-9-21(15)26-3)13-19-18-11-17(25-2)7-4-14(18)5-8-20(19)24/h4-11,24H,12-13H2,1-3H3/p+1. The summed E-state index contributed by atoms with van der Waals surface area (Å²) >= 11 is 3.52. The molecule has 0 aliphatic rings. The fourth-order valence-electron chi connectivity index (χ4n) is 3.24. The Morgan fingerprint density at radius 3 is 2.46 bits per heavy atom. The van der Waals surface area contributed by atoms with Gasteiger partial charge in [0.2, 0.25) is 0 Å². The van der Waals surface area contributed by atoms with Gasteiger partial charge in [0.25, 0.3) is 0 Å². The number of hydrogen-bond donors (Lipinski definition) is 2. The van der Waals surface area contributed by atoms with E-state index in [2.05, 4.69) is 29.0 Å². The molecule has 0 bridgehead atoms. The average Bonchev–Trinajstić information content (AvgIpc) is 2.64. The van der Waals surface area contributed by atoms with Crippen LogP contribution in [-0.4, -0.2) is 26.4 Å². The zero-order valence-electron chi connectivity index (χ0n) is 15.2. The largest absolute Gasteiger partial charge is 0.507 e. The van der Waals surface area contributed by atoms with Crippen molar-refractivity contribution < 1.29 is 19.5 Å². The summed E-state index contributed by atoms with van der Waals surface area (Å²) in [5.74, 6) is 1.97. The fourth-order valence-corrected chi connectivity index (χ4v) is 3.65. The molecule has 5 heteroatoms. The molecule has 2 N–H and O–H groups in total. The molecule has 0 amide bonds. The van der Waals surface area contributed by atoms with Crippen LogP contribution in [0.1, 0.15) is 11.1 Å². The Bertz CT molecular complexity index is 927. The van der Waals surface area contributed by atoms with Crippen molar-refractivity contribution in [3.05, 3.63) is 64.1 Å². The van der Waals surface area contributed by atoms with E-state index < -0.39 is 0 Å². The van der Waals surface area contributed by atoms with E-state index in [9.17, 15) is 5.11 Å². The highest BCUT2D eigenvalue weighted by Gasteiger charge is 2.15. The van der Waals surface area contributed by atoms with Crippen molar-refractivity contribution in [3.63, 3.8) is 0 Å².